The van der Waals surface area contributed by atoms with Crippen molar-refractivity contribution in [3.63, 3.8) is 0 Å². The fourth-order valence-corrected chi connectivity index (χ4v) is 3.20. The third kappa shape index (κ3) is 4.03. The first-order chi connectivity index (χ1) is 14.1. The van der Waals surface area contributed by atoms with Crippen molar-refractivity contribution in [2.45, 2.75) is 6.04 Å². The number of nitrogens with one attached hydrogen (secondary N) is 2. The van der Waals surface area contributed by atoms with Gasteiger partial charge in [0, 0.05) is 10.6 Å². The molecule has 6 N–H and O–H groups in total. The summed E-state index contributed by atoms with van der Waals surface area (Å²) >= 11 is 1.91. The van der Waals surface area contributed by atoms with Crippen LogP contribution in [0.2, 0.25) is 0 Å². The predicted molar refractivity (Wildman–Crippen MR) is 113 cm³/mol. The van der Waals surface area contributed by atoms with Gasteiger partial charge in [-0.3, -0.25) is 14.4 Å². The van der Waals surface area contributed by atoms with E-state index in [-0.39, 0.29) is 22.3 Å². The van der Waals surface area contributed by atoms with Gasteiger partial charge in [-0.05, 0) is 46.9 Å². The zero-order valence-corrected chi connectivity index (χ0v) is 17.5. The van der Waals surface area contributed by atoms with Crippen LogP contribution in [-0.4, -0.2) is 33.3 Å². The van der Waals surface area contributed by atoms with Gasteiger partial charge in [0.2, 0.25) is 11.8 Å². The molecule has 2 aromatic carbocycles. The van der Waals surface area contributed by atoms with Crippen molar-refractivity contribution in [1.82, 2.24) is 14.9 Å². The Balaban J connectivity index is 2.14. The van der Waals surface area contributed by atoms with Gasteiger partial charge in [-0.25, -0.2) is 13.8 Å². The fraction of sp³-hybridized carbons (Fsp3) is 0.111. The first-order valence-electron chi connectivity index (χ1n) is 8.35. The molecule has 0 aliphatic heterocycles. The molecule has 1 aromatic heterocycles. The van der Waals surface area contributed by atoms with Crippen LogP contribution in [0.1, 0.15) is 10.4 Å². The second-order valence-corrected chi connectivity index (χ2v) is 7.54. The van der Waals surface area contributed by atoms with Gasteiger partial charge in [0.25, 0.3) is 5.91 Å². The van der Waals surface area contributed by atoms with Gasteiger partial charge >= 0.3 is 0 Å². The Morgan fingerprint density at radius 1 is 1.17 bits per heavy atom. The summed E-state index contributed by atoms with van der Waals surface area (Å²) in [6.45, 7) is 0. The van der Waals surface area contributed by atoms with Gasteiger partial charge < -0.3 is 26.7 Å². The van der Waals surface area contributed by atoms with E-state index < -0.39 is 41.1 Å². The van der Waals surface area contributed by atoms with Crippen LogP contribution in [0.4, 0.5) is 20.2 Å². The zero-order chi connectivity index (χ0) is 22.2. The molecule has 0 unspecified atom stereocenters. The normalized spacial score (nSPS) is 11.0. The number of aromatic nitrogens is 2. The first kappa shape index (κ1) is 21.4. The predicted octanol–water partition coefficient (Wildman–Crippen LogP) is 1.27. The standard InChI is InChI=1S/C18H15F2IN6O3/c1-27-6-24-14-11(27)5-8(18(30)26-15(16(22)28)17(23)29)13(12(14)20)25-10-3-2-7(21)4-9(10)19/h2-6,15,25H,1H3,(H2,22,28)(H2,23,29)(H,26,30). The van der Waals surface area contributed by atoms with Crippen LogP contribution in [0, 0.1) is 15.2 Å². The molecule has 3 rings (SSSR count). The van der Waals surface area contributed by atoms with Crippen molar-refractivity contribution in [3.8, 4) is 0 Å². The highest BCUT2D eigenvalue weighted by molar-refractivity contribution is 14.1. The van der Waals surface area contributed by atoms with Gasteiger partial charge in [0.05, 0.1) is 28.8 Å². The molecule has 0 bridgehead atoms. The molecule has 0 saturated heterocycles. The summed E-state index contributed by atoms with van der Waals surface area (Å²) in [6.07, 6.45) is 1.33. The number of hydrogen-bond acceptors (Lipinski definition) is 5. The van der Waals surface area contributed by atoms with E-state index in [1.807, 2.05) is 22.6 Å². The molecule has 0 atom stereocenters. The van der Waals surface area contributed by atoms with Crippen molar-refractivity contribution >= 4 is 62.7 Å². The average molecular weight is 528 g/mol. The van der Waals surface area contributed by atoms with Crippen LogP contribution >= 0.6 is 22.6 Å². The lowest BCUT2D eigenvalue weighted by atomic mass is 10.1. The maximum atomic E-state index is 15.2. The molecule has 0 aliphatic rings. The van der Waals surface area contributed by atoms with Crippen LogP contribution in [0.5, 0.6) is 0 Å². The summed E-state index contributed by atoms with van der Waals surface area (Å²) in [5.74, 6) is -4.99. The number of fused-ring (bicyclic) bond motifs is 1. The molecule has 30 heavy (non-hydrogen) atoms. The van der Waals surface area contributed by atoms with E-state index in [9.17, 15) is 18.8 Å². The average Bonchev–Trinajstić information content (AvgIpc) is 3.04. The van der Waals surface area contributed by atoms with Crippen molar-refractivity contribution in [1.29, 1.82) is 0 Å². The van der Waals surface area contributed by atoms with Crippen LogP contribution < -0.4 is 22.1 Å². The number of rotatable bonds is 6. The van der Waals surface area contributed by atoms with E-state index in [2.05, 4.69) is 15.6 Å². The molecular weight excluding hydrogens is 513 g/mol. The summed E-state index contributed by atoms with van der Waals surface area (Å²) in [4.78, 5) is 39.5. The fourth-order valence-electron chi connectivity index (χ4n) is 2.74. The van der Waals surface area contributed by atoms with E-state index in [1.54, 1.807) is 13.1 Å². The smallest absolute Gasteiger partial charge is 0.254 e. The Morgan fingerprint density at radius 2 is 1.83 bits per heavy atom. The van der Waals surface area contributed by atoms with Crippen molar-refractivity contribution < 1.29 is 23.2 Å². The Bertz CT molecular complexity index is 1180. The number of primary amides is 2. The van der Waals surface area contributed by atoms with Gasteiger partial charge in [0.1, 0.15) is 11.3 Å². The zero-order valence-electron chi connectivity index (χ0n) is 15.4. The highest BCUT2D eigenvalue weighted by Gasteiger charge is 2.28. The molecule has 0 fully saturated rings. The Kier molecular flexibility index (Phi) is 5.87. The quantitative estimate of drug-likeness (QED) is 0.281. The lowest BCUT2D eigenvalue weighted by molar-refractivity contribution is -0.128. The molecule has 9 nitrogen and oxygen atoms in total. The first-order valence-corrected chi connectivity index (χ1v) is 9.43. The topological polar surface area (TPSA) is 145 Å². The highest BCUT2D eigenvalue weighted by atomic mass is 127. The van der Waals surface area contributed by atoms with E-state index in [1.165, 1.54) is 29.1 Å². The molecule has 0 radical (unpaired) electrons. The second-order valence-electron chi connectivity index (χ2n) is 6.30. The minimum absolute atomic E-state index is 0.0659. The number of hydrogen-bond donors (Lipinski definition) is 4. The number of imidazole rings is 1. The summed E-state index contributed by atoms with van der Waals surface area (Å²) in [7, 11) is 1.58. The molecule has 0 saturated carbocycles. The van der Waals surface area contributed by atoms with Gasteiger partial charge in [-0.1, -0.05) is 0 Å². The summed E-state index contributed by atoms with van der Waals surface area (Å²) in [6, 6.07) is 3.64. The molecule has 12 heteroatoms. The third-order valence-electron chi connectivity index (χ3n) is 4.24. The Morgan fingerprint density at radius 3 is 2.43 bits per heavy atom. The monoisotopic (exact) mass is 528 g/mol. The number of carbonyl (C=O) groups is 3. The molecule has 3 aromatic rings. The number of halogens is 3. The van der Waals surface area contributed by atoms with Crippen LogP contribution in [0.15, 0.2) is 30.6 Å². The van der Waals surface area contributed by atoms with Crippen molar-refractivity contribution in [2.24, 2.45) is 18.5 Å². The summed E-state index contributed by atoms with van der Waals surface area (Å²) in [5.41, 5.74) is 9.54. The lowest BCUT2D eigenvalue weighted by Crippen LogP contribution is -2.52. The summed E-state index contributed by atoms with van der Waals surface area (Å²) < 4.78 is 31.6. The molecule has 3 amide bonds. The SMILES string of the molecule is Cn1cnc2c(F)c(Nc3ccc(I)cc3F)c(C(=O)NC(C(N)=O)C(N)=O)cc21. The number of nitrogens with zero attached hydrogens (tertiary/aromatic N) is 2. The van der Waals surface area contributed by atoms with Crippen molar-refractivity contribution in [2.75, 3.05) is 5.32 Å². The number of anilines is 2. The van der Waals surface area contributed by atoms with Gasteiger partial charge in [-0.2, -0.15) is 0 Å². The number of benzene rings is 2. The van der Waals surface area contributed by atoms with Gasteiger partial charge in [0.15, 0.2) is 11.9 Å². The van der Waals surface area contributed by atoms with Crippen LogP contribution in [0.25, 0.3) is 11.0 Å². The van der Waals surface area contributed by atoms with Crippen LogP contribution in [-0.2, 0) is 16.6 Å². The number of amides is 3. The number of carbonyl (C=O) groups excluding carboxylic acids is 3. The highest BCUT2D eigenvalue weighted by Crippen LogP contribution is 2.32. The molecular formula is C18H15F2IN6O3. The Labute approximate surface area is 181 Å². The maximum Gasteiger partial charge on any atom is 0.254 e. The Hall–Kier alpha value is -3.29. The molecule has 156 valence electrons. The van der Waals surface area contributed by atoms with E-state index >= 15 is 4.39 Å². The number of nitrogens with two attached hydrogens (primary N) is 2. The lowest BCUT2D eigenvalue weighted by Gasteiger charge is -2.17. The van der Waals surface area contributed by atoms with E-state index in [0.29, 0.717) is 3.57 Å². The molecule has 0 spiro atoms. The minimum atomic E-state index is -1.81. The van der Waals surface area contributed by atoms with Gasteiger partial charge in [-0.15, -0.1) is 0 Å². The number of aryl methyl sites for hydroxylation is 1. The van der Waals surface area contributed by atoms with E-state index in [0.717, 1.165) is 0 Å². The van der Waals surface area contributed by atoms with E-state index in [4.69, 9.17) is 11.5 Å². The maximum absolute atomic E-state index is 15.2. The molecule has 1 heterocycles. The summed E-state index contributed by atoms with van der Waals surface area (Å²) in [5, 5.41) is 4.62. The van der Waals surface area contributed by atoms with Crippen LogP contribution in [0.3, 0.4) is 0 Å². The third-order valence-corrected chi connectivity index (χ3v) is 4.91. The largest absolute Gasteiger partial charge is 0.367 e. The minimum Gasteiger partial charge on any atom is -0.367 e. The second kappa shape index (κ2) is 8.22. The molecule has 0 aliphatic carbocycles. The van der Waals surface area contributed by atoms with Crippen molar-refractivity contribution in [3.05, 3.63) is 51.4 Å².